The van der Waals surface area contributed by atoms with Crippen molar-refractivity contribution in [2.75, 3.05) is 19.0 Å². The standard InChI is InChI=1S/C22H25ClN4O5/c1-4-14(2)25-21(29)22(30)27-24-12-15-9-10-18(19(11-15)31-3)32-13-20(28)26-17-8-6-5-7-16(17)23/h5-12,14H,4,13H2,1-3H3,(H,25,29)(H,26,28)(H,27,30)/b24-12-/t14-/m0/s1. The summed E-state index contributed by atoms with van der Waals surface area (Å²) in [6, 6.07) is 11.6. The number of carbonyl (C=O) groups excluding carboxylic acids is 3. The lowest BCUT2D eigenvalue weighted by molar-refractivity contribution is -0.139. The van der Waals surface area contributed by atoms with E-state index in [1.807, 2.05) is 6.92 Å². The zero-order chi connectivity index (χ0) is 23.5. The Labute approximate surface area is 191 Å². The lowest BCUT2D eigenvalue weighted by Crippen LogP contribution is -2.41. The van der Waals surface area contributed by atoms with E-state index in [2.05, 4.69) is 21.2 Å². The molecule has 0 spiro atoms. The van der Waals surface area contributed by atoms with Crippen LogP contribution in [0.15, 0.2) is 47.6 Å². The number of carbonyl (C=O) groups is 3. The van der Waals surface area contributed by atoms with Crippen LogP contribution in [0.3, 0.4) is 0 Å². The van der Waals surface area contributed by atoms with Gasteiger partial charge in [-0.15, -0.1) is 0 Å². The second kappa shape index (κ2) is 12.3. The third kappa shape index (κ3) is 7.59. The molecule has 3 N–H and O–H groups in total. The van der Waals surface area contributed by atoms with Crippen LogP contribution in [0.25, 0.3) is 0 Å². The molecule has 3 amide bonds. The Balaban J connectivity index is 1.92. The Hall–Kier alpha value is -3.59. The maximum Gasteiger partial charge on any atom is 0.329 e. The van der Waals surface area contributed by atoms with Crippen LogP contribution in [0, 0.1) is 0 Å². The van der Waals surface area contributed by atoms with Crippen LogP contribution in [-0.2, 0) is 14.4 Å². The predicted octanol–water partition coefficient (Wildman–Crippen LogP) is 2.73. The van der Waals surface area contributed by atoms with Crippen molar-refractivity contribution in [2.24, 2.45) is 5.10 Å². The SMILES string of the molecule is CC[C@H](C)NC(=O)C(=O)N/N=C\c1ccc(OCC(=O)Nc2ccccc2Cl)c(OC)c1. The molecule has 0 saturated heterocycles. The first-order valence-electron chi connectivity index (χ1n) is 9.83. The Bertz CT molecular complexity index is 996. The number of hydrogen-bond donors (Lipinski definition) is 3. The highest BCUT2D eigenvalue weighted by atomic mass is 35.5. The first kappa shape index (κ1) is 24.7. The van der Waals surface area contributed by atoms with Gasteiger partial charge >= 0.3 is 11.8 Å². The molecule has 0 aliphatic heterocycles. The fraction of sp³-hybridized carbons (Fsp3) is 0.273. The van der Waals surface area contributed by atoms with E-state index in [1.165, 1.54) is 13.3 Å². The predicted molar refractivity (Wildman–Crippen MR) is 122 cm³/mol. The number of nitrogens with zero attached hydrogens (tertiary/aromatic N) is 1. The number of benzene rings is 2. The molecule has 0 saturated carbocycles. The van der Waals surface area contributed by atoms with E-state index < -0.39 is 11.8 Å². The molecule has 0 radical (unpaired) electrons. The molecule has 2 aromatic rings. The number of amides is 3. The summed E-state index contributed by atoms with van der Waals surface area (Å²) in [6.07, 6.45) is 2.06. The topological polar surface area (TPSA) is 118 Å². The first-order chi connectivity index (χ1) is 15.3. The summed E-state index contributed by atoms with van der Waals surface area (Å²) in [5, 5.41) is 9.40. The first-order valence-corrected chi connectivity index (χ1v) is 10.2. The smallest absolute Gasteiger partial charge is 0.329 e. The normalized spacial score (nSPS) is 11.5. The summed E-state index contributed by atoms with van der Waals surface area (Å²) in [7, 11) is 1.45. The number of rotatable bonds is 9. The third-order valence-electron chi connectivity index (χ3n) is 4.27. The van der Waals surface area contributed by atoms with Gasteiger partial charge < -0.3 is 20.1 Å². The lowest BCUT2D eigenvalue weighted by atomic mass is 10.2. The number of nitrogens with one attached hydrogen (secondary N) is 3. The fourth-order valence-electron chi connectivity index (χ4n) is 2.38. The van der Waals surface area contributed by atoms with Crippen molar-refractivity contribution in [3.63, 3.8) is 0 Å². The van der Waals surface area contributed by atoms with E-state index in [4.69, 9.17) is 21.1 Å². The Kier molecular flexibility index (Phi) is 9.49. The monoisotopic (exact) mass is 460 g/mol. The summed E-state index contributed by atoms with van der Waals surface area (Å²) in [5.41, 5.74) is 3.23. The van der Waals surface area contributed by atoms with E-state index >= 15 is 0 Å². The molecule has 10 heteroatoms. The number of hydrazone groups is 1. The Morgan fingerprint density at radius 2 is 1.88 bits per heavy atom. The zero-order valence-electron chi connectivity index (χ0n) is 18.0. The highest BCUT2D eigenvalue weighted by Crippen LogP contribution is 2.27. The Morgan fingerprint density at radius 1 is 1.12 bits per heavy atom. The van der Waals surface area contributed by atoms with E-state index in [-0.39, 0.29) is 18.6 Å². The van der Waals surface area contributed by atoms with E-state index in [0.29, 0.717) is 34.2 Å². The van der Waals surface area contributed by atoms with Crippen LogP contribution >= 0.6 is 11.6 Å². The summed E-state index contributed by atoms with van der Waals surface area (Å²) in [5.74, 6) is -1.30. The number of para-hydroxylation sites is 1. The van der Waals surface area contributed by atoms with Gasteiger partial charge in [-0.05, 0) is 49.2 Å². The van der Waals surface area contributed by atoms with Crippen molar-refractivity contribution >= 4 is 41.2 Å². The molecular formula is C22H25ClN4O5. The molecule has 9 nitrogen and oxygen atoms in total. The second-order valence-corrected chi connectivity index (χ2v) is 7.12. The fourth-order valence-corrected chi connectivity index (χ4v) is 2.57. The van der Waals surface area contributed by atoms with E-state index in [0.717, 1.165) is 0 Å². The van der Waals surface area contributed by atoms with Crippen molar-refractivity contribution in [1.82, 2.24) is 10.7 Å². The van der Waals surface area contributed by atoms with Crippen LogP contribution in [0.1, 0.15) is 25.8 Å². The minimum atomic E-state index is -0.863. The van der Waals surface area contributed by atoms with Gasteiger partial charge in [-0.2, -0.15) is 5.10 Å². The molecule has 0 aliphatic rings. The van der Waals surface area contributed by atoms with Gasteiger partial charge in [0.25, 0.3) is 5.91 Å². The molecule has 32 heavy (non-hydrogen) atoms. The maximum atomic E-state index is 12.1. The molecule has 0 aliphatic carbocycles. The van der Waals surface area contributed by atoms with Gasteiger partial charge in [0.05, 0.1) is 24.0 Å². The van der Waals surface area contributed by atoms with Gasteiger partial charge in [-0.25, -0.2) is 5.43 Å². The van der Waals surface area contributed by atoms with Gasteiger partial charge in [0.2, 0.25) is 0 Å². The van der Waals surface area contributed by atoms with E-state index in [1.54, 1.807) is 49.4 Å². The van der Waals surface area contributed by atoms with Gasteiger partial charge in [0, 0.05) is 6.04 Å². The van der Waals surface area contributed by atoms with Crippen molar-refractivity contribution in [2.45, 2.75) is 26.3 Å². The van der Waals surface area contributed by atoms with Gasteiger partial charge in [0.1, 0.15) is 0 Å². The van der Waals surface area contributed by atoms with Crippen LogP contribution in [-0.4, -0.2) is 43.7 Å². The molecule has 0 bridgehead atoms. The van der Waals surface area contributed by atoms with Crippen molar-refractivity contribution in [3.05, 3.63) is 53.1 Å². The Morgan fingerprint density at radius 3 is 2.56 bits per heavy atom. The van der Waals surface area contributed by atoms with Crippen LogP contribution in [0.2, 0.25) is 5.02 Å². The molecule has 2 aromatic carbocycles. The zero-order valence-corrected chi connectivity index (χ0v) is 18.7. The molecule has 0 fully saturated rings. The molecular weight excluding hydrogens is 436 g/mol. The number of anilines is 1. The minimum absolute atomic E-state index is 0.110. The third-order valence-corrected chi connectivity index (χ3v) is 4.60. The summed E-state index contributed by atoms with van der Waals surface area (Å²) in [6.45, 7) is 3.44. The highest BCUT2D eigenvalue weighted by Gasteiger charge is 2.14. The summed E-state index contributed by atoms with van der Waals surface area (Å²) in [4.78, 5) is 35.5. The van der Waals surface area contributed by atoms with Gasteiger partial charge in [0.15, 0.2) is 18.1 Å². The minimum Gasteiger partial charge on any atom is -0.493 e. The van der Waals surface area contributed by atoms with Crippen LogP contribution < -0.4 is 25.5 Å². The quantitative estimate of drug-likeness (QED) is 0.302. The molecule has 0 unspecified atom stereocenters. The van der Waals surface area contributed by atoms with Gasteiger partial charge in [-0.3, -0.25) is 14.4 Å². The van der Waals surface area contributed by atoms with Crippen molar-refractivity contribution in [1.29, 1.82) is 0 Å². The second-order valence-electron chi connectivity index (χ2n) is 6.71. The average molecular weight is 461 g/mol. The van der Waals surface area contributed by atoms with E-state index in [9.17, 15) is 14.4 Å². The molecule has 0 aromatic heterocycles. The van der Waals surface area contributed by atoms with Crippen molar-refractivity contribution < 1.29 is 23.9 Å². The number of ether oxygens (including phenoxy) is 2. The highest BCUT2D eigenvalue weighted by molar-refractivity contribution is 6.35. The molecule has 1 atom stereocenters. The maximum absolute atomic E-state index is 12.1. The average Bonchev–Trinajstić information content (AvgIpc) is 2.79. The molecule has 0 heterocycles. The number of halogens is 1. The lowest BCUT2D eigenvalue weighted by Gasteiger charge is -2.12. The largest absolute Gasteiger partial charge is 0.493 e. The number of methoxy groups -OCH3 is 1. The molecule has 2 rings (SSSR count). The molecule has 170 valence electrons. The van der Waals surface area contributed by atoms with Crippen LogP contribution in [0.4, 0.5) is 5.69 Å². The van der Waals surface area contributed by atoms with Crippen LogP contribution in [0.5, 0.6) is 11.5 Å². The summed E-state index contributed by atoms with van der Waals surface area (Å²) < 4.78 is 10.8. The van der Waals surface area contributed by atoms with Gasteiger partial charge in [-0.1, -0.05) is 30.7 Å². The number of hydrogen-bond acceptors (Lipinski definition) is 6. The van der Waals surface area contributed by atoms with Crippen molar-refractivity contribution in [3.8, 4) is 11.5 Å². The summed E-state index contributed by atoms with van der Waals surface area (Å²) >= 11 is 6.02.